The molecule has 102 valence electrons. The fourth-order valence-corrected chi connectivity index (χ4v) is 3.82. The minimum Gasteiger partial charge on any atom is -0.312 e. The average molecular weight is 248 g/mol. The van der Waals surface area contributed by atoms with Gasteiger partial charge < -0.3 is 5.32 Å². The van der Waals surface area contributed by atoms with Crippen LogP contribution in [0.5, 0.6) is 0 Å². The Morgan fingerprint density at radius 1 is 1.06 bits per heavy atom. The van der Waals surface area contributed by atoms with E-state index in [1.54, 1.807) is 0 Å². The predicted octanol–water partition coefficient (Wildman–Crippen LogP) is 3.73. The molecule has 0 aliphatic heterocycles. The first kappa shape index (κ1) is 13.9. The van der Waals surface area contributed by atoms with Crippen molar-refractivity contribution in [3.63, 3.8) is 0 Å². The third-order valence-corrected chi connectivity index (χ3v) is 6.09. The van der Waals surface area contributed by atoms with E-state index in [4.69, 9.17) is 0 Å². The topological polar surface area (TPSA) is 35.8 Å². The molecule has 0 radical (unpaired) electrons. The van der Waals surface area contributed by atoms with Crippen LogP contribution >= 0.6 is 0 Å². The minimum absolute atomic E-state index is 0.234. The zero-order valence-electron chi connectivity index (χ0n) is 12.4. The molecular weight excluding hydrogens is 220 g/mol. The van der Waals surface area contributed by atoms with Crippen molar-refractivity contribution in [3.05, 3.63) is 0 Å². The summed E-state index contributed by atoms with van der Waals surface area (Å²) < 4.78 is 0. The van der Waals surface area contributed by atoms with Gasteiger partial charge in [0.2, 0.25) is 0 Å². The Hall–Kier alpha value is -0.550. The van der Waals surface area contributed by atoms with Crippen molar-refractivity contribution in [2.24, 2.45) is 22.7 Å². The van der Waals surface area contributed by atoms with Crippen LogP contribution in [0.4, 0.5) is 0 Å². The van der Waals surface area contributed by atoms with Crippen molar-refractivity contribution in [1.29, 1.82) is 5.26 Å². The van der Waals surface area contributed by atoms with Crippen molar-refractivity contribution >= 4 is 0 Å². The lowest BCUT2D eigenvalue weighted by molar-refractivity contribution is 0.374. The zero-order valence-corrected chi connectivity index (χ0v) is 12.4. The largest absolute Gasteiger partial charge is 0.312 e. The van der Waals surface area contributed by atoms with Crippen molar-refractivity contribution in [1.82, 2.24) is 5.32 Å². The zero-order chi connectivity index (χ0) is 13.4. The maximum atomic E-state index is 9.28. The van der Waals surface area contributed by atoms with Gasteiger partial charge in [-0.2, -0.15) is 5.26 Å². The molecule has 18 heavy (non-hydrogen) atoms. The van der Waals surface area contributed by atoms with Crippen molar-refractivity contribution in [2.75, 3.05) is 6.54 Å². The highest BCUT2D eigenvalue weighted by Crippen LogP contribution is 2.67. The SMILES string of the molecule is CC1(C)C(CNC2CCCCCC2C#N)C1(C)C. The molecule has 2 atom stereocenters. The summed E-state index contributed by atoms with van der Waals surface area (Å²) in [6.45, 7) is 10.6. The number of nitriles is 1. The first-order valence-electron chi connectivity index (χ1n) is 7.54. The van der Waals surface area contributed by atoms with Gasteiger partial charge in [-0.05, 0) is 36.1 Å². The number of nitrogens with zero attached hydrogens (tertiary/aromatic N) is 1. The van der Waals surface area contributed by atoms with Crippen LogP contribution in [0.2, 0.25) is 0 Å². The maximum Gasteiger partial charge on any atom is 0.0672 e. The van der Waals surface area contributed by atoms with E-state index < -0.39 is 0 Å². The van der Waals surface area contributed by atoms with E-state index in [9.17, 15) is 5.26 Å². The van der Waals surface area contributed by atoms with Gasteiger partial charge in [0.25, 0.3) is 0 Å². The molecule has 2 saturated carbocycles. The van der Waals surface area contributed by atoms with Crippen LogP contribution in [0.3, 0.4) is 0 Å². The average Bonchev–Trinajstić information content (AvgIpc) is 2.81. The Kier molecular flexibility index (Phi) is 3.74. The standard InChI is InChI=1S/C16H28N2/c1-15(2)14(16(15,3)4)11-18-13-9-7-5-6-8-12(13)10-17/h12-14,18H,5-9,11H2,1-4H3. The molecule has 2 rings (SSSR count). The summed E-state index contributed by atoms with van der Waals surface area (Å²) in [7, 11) is 0. The fourth-order valence-electron chi connectivity index (χ4n) is 3.82. The smallest absolute Gasteiger partial charge is 0.0672 e. The molecule has 2 unspecified atom stereocenters. The summed E-state index contributed by atoms with van der Waals surface area (Å²) in [5.74, 6) is 0.991. The number of nitrogens with one attached hydrogen (secondary N) is 1. The van der Waals surface area contributed by atoms with E-state index in [0.717, 1.165) is 18.9 Å². The molecule has 0 spiro atoms. The van der Waals surface area contributed by atoms with Crippen LogP contribution < -0.4 is 5.32 Å². The molecule has 1 N–H and O–H groups in total. The van der Waals surface area contributed by atoms with Crippen LogP contribution in [-0.2, 0) is 0 Å². The Bertz CT molecular complexity index is 323. The molecule has 0 bridgehead atoms. The molecule has 0 aromatic heterocycles. The van der Waals surface area contributed by atoms with E-state index in [-0.39, 0.29) is 5.92 Å². The van der Waals surface area contributed by atoms with Gasteiger partial charge in [0.05, 0.1) is 12.0 Å². The molecule has 2 heteroatoms. The molecule has 2 aliphatic rings. The lowest BCUT2D eigenvalue weighted by Crippen LogP contribution is -2.37. The van der Waals surface area contributed by atoms with E-state index in [2.05, 4.69) is 39.1 Å². The highest BCUT2D eigenvalue weighted by molar-refractivity contribution is 5.13. The third kappa shape index (κ3) is 2.30. The van der Waals surface area contributed by atoms with Crippen molar-refractivity contribution in [2.45, 2.75) is 65.8 Å². The Morgan fingerprint density at radius 2 is 1.67 bits per heavy atom. The Labute approximate surface area is 112 Å². The second-order valence-corrected chi connectivity index (χ2v) is 7.38. The molecule has 0 amide bonds. The van der Waals surface area contributed by atoms with Gasteiger partial charge in [0, 0.05) is 6.04 Å². The second-order valence-electron chi connectivity index (χ2n) is 7.38. The second kappa shape index (κ2) is 4.85. The van der Waals surface area contributed by atoms with Gasteiger partial charge >= 0.3 is 0 Å². The molecule has 0 heterocycles. The van der Waals surface area contributed by atoms with E-state index >= 15 is 0 Å². The van der Waals surface area contributed by atoms with Crippen LogP contribution in [0, 0.1) is 34.0 Å². The Balaban J connectivity index is 1.88. The lowest BCUT2D eigenvalue weighted by atomic mass is 9.96. The minimum atomic E-state index is 0.234. The van der Waals surface area contributed by atoms with Crippen LogP contribution in [-0.4, -0.2) is 12.6 Å². The molecule has 0 aromatic carbocycles. The molecule has 0 saturated heterocycles. The fraction of sp³-hybridized carbons (Fsp3) is 0.938. The molecule has 2 nitrogen and oxygen atoms in total. The van der Waals surface area contributed by atoms with Gasteiger partial charge in [0.1, 0.15) is 0 Å². The summed E-state index contributed by atoms with van der Waals surface area (Å²) in [4.78, 5) is 0. The van der Waals surface area contributed by atoms with Gasteiger partial charge in [-0.15, -0.1) is 0 Å². The molecule has 2 aliphatic carbocycles. The monoisotopic (exact) mass is 248 g/mol. The van der Waals surface area contributed by atoms with Crippen molar-refractivity contribution in [3.8, 4) is 6.07 Å². The first-order valence-corrected chi connectivity index (χ1v) is 7.54. The lowest BCUT2D eigenvalue weighted by Gasteiger charge is -2.21. The van der Waals surface area contributed by atoms with Crippen LogP contribution in [0.1, 0.15) is 59.8 Å². The third-order valence-electron chi connectivity index (χ3n) is 6.09. The summed E-state index contributed by atoms with van der Waals surface area (Å²) in [5.41, 5.74) is 0.903. The van der Waals surface area contributed by atoms with E-state index in [1.165, 1.54) is 25.7 Å². The molecule has 2 fully saturated rings. The normalized spacial score (nSPS) is 34.6. The number of rotatable bonds is 3. The number of hydrogen-bond acceptors (Lipinski definition) is 2. The molecular formula is C16H28N2. The van der Waals surface area contributed by atoms with Crippen molar-refractivity contribution < 1.29 is 0 Å². The van der Waals surface area contributed by atoms with Gasteiger partial charge in [-0.1, -0.05) is 47.0 Å². The predicted molar refractivity (Wildman–Crippen MR) is 75.0 cm³/mol. The number of hydrogen-bond donors (Lipinski definition) is 1. The Morgan fingerprint density at radius 3 is 2.22 bits per heavy atom. The van der Waals surface area contributed by atoms with Gasteiger partial charge in [0.15, 0.2) is 0 Å². The van der Waals surface area contributed by atoms with E-state index in [0.29, 0.717) is 16.9 Å². The van der Waals surface area contributed by atoms with E-state index in [1.807, 2.05) is 0 Å². The first-order chi connectivity index (χ1) is 8.41. The highest BCUT2D eigenvalue weighted by atomic mass is 15.0. The summed E-state index contributed by atoms with van der Waals surface area (Å²) >= 11 is 0. The molecule has 0 aromatic rings. The highest BCUT2D eigenvalue weighted by Gasteiger charge is 2.63. The van der Waals surface area contributed by atoms with Gasteiger partial charge in [-0.25, -0.2) is 0 Å². The quantitative estimate of drug-likeness (QED) is 0.772. The maximum absolute atomic E-state index is 9.28. The van der Waals surface area contributed by atoms with Crippen LogP contribution in [0.25, 0.3) is 0 Å². The van der Waals surface area contributed by atoms with Gasteiger partial charge in [-0.3, -0.25) is 0 Å². The summed E-state index contributed by atoms with van der Waals surface area (Å²) in [6.07, 6.45) is 6.10. The summed E-state index contributed by atoms with van der Waals surface area (Å²) in [5, 5.41) is 13.0. The van der Waals surface area contributed by atoms with Crippen LogP contribution in [0.15, 0.2) is 0 Å². The summed E-state index contributed by atoms with van der Waals surface area (Å²) in [6, 6.07) is 2.95.